The Morgan fingerprint density at radius 1 is 0.720 bits per heavy atom. The molecule has 0 radical (unpaired) electrons. The molecular formula is C17H26O8. The van der Waals surface area contributed by atoms with Gasteiger partial charge in [0.05, 0.1) is 19.6 Å². The Bertz CT molecular complexity index is 493. The van der Waals surface area contributed by atoms with E-state index < -0.39 is 43.5 Å². The summed E-state index contributed by atoms with van der Waals surface area (Å²) in [5, 5.41) is 0. The number of ether oxygens (including phenoxy) is 4. The maximum Gasteiger partial charge on any atom is 0.344 e. The van der Waals surface area contributed by atoms with Crippen molar-refractivity contribution in [2.45, 2.75) is 34.1 Å². The first kappa shape index (κ1) is 22.6. The molecule has 0 aliphatic carbocycles. The van der Waals surface area contributed by atoms with Crippen LogP contribution < -0.4 is 0 Å². The molecule has 0 aliphatic rings. The maximum atomic E-state index is 11.6. The summed E-state index contributed by atoms with van der Waals surface area (Å²) in [5.41, 5.74) is -0.197. The minimum atomic E-state index is -0.916. The third-order valence-electron chi connectivity index (χ3n) is 2.47. The van der Waals surface area contributed by atoms with E-state index in [2.05, 4.69) is 16.1 Å². The molecule has 0 rings (SSSR count). The Hall–Kier alpha value is -2.38. The van der Waals surface area contributed by atoms with E-state index in [9.17, 15) is 19.2 Å². The molecule has 0 N–H and O–H groups in total. The standard InChI is InChI=1S/C17H26O8/c1-11(2)7-22-15(19)9-24-14(18)6-13(5)17(21)25-10-16(20)23-8-12(3)4/h11-12H,5-10H2,1-4H3. The smallest absolute Gasteiger partial charge is 0.344 e. The van der Waals surface area contributed by atoms with Crippen LogP contribution in [0.5, 0.6) is 0 Å². The van der Waals surface area contributed by atoms with Crippen LogP contribution in [0.1, 0.15) is 34.1 Å². The number of hydrogen-bond donors (Lipinski definition) is 0. The molecule has 0 aromatic carbocycles. The molecule has 0 aliphatic heterocycles. The van der Waals surface area contributed by atoms with Crippen LogP contribution in [0, 0.1) is 11.8 Å². The SMILES string of the molecule is C=C(CC(=O)OCC(=O)OCC(C)C)C(=O)OCC(=O)OCC(C)C. The number of hydrogen-bond acceptors (Lipinski definition) is 8. The minimum absolute atomic E-state index is 0.164. The van der Waals surface area contributed by atoms with Gasteiger partial charge in [0.1, 0.15) is 0 Å². The van der Waals surface area contributed by atoms with Gasteiger partial charge < -0.3 is 18.9 Å². The summed E-state index contributed by atoms with van der Waals surface area (Å²) < 4.78 is 19.0. The van der Waals surface area contributed by atoms with Crippen LogP contribution in [0.2, 0.25) is 0 Å². The van der Waals surface area contributed by atoms with Gasteiger partial charge in [-0.2, -0.15) is 0 Å². The second-order valence-corrected chi connectivity index (χ2v) is 6.17. The number of carbonyl (C=O) groups excluding carboxylic acids is 4. The summed E-state index contributed by atoms with van der Waals surface area (Å²) in [6, 6.07) is 0. The lowest BCUT2D eigenvalue weighted by Gasteiger charge is -2.09. The minimum Gasteiger partial charge on any atom is -0.463 e. The first-order valence-corrected chi connectivity index (χ1v) is 7.93. The van der Waals surface area contributed by atoms with Gasteiger partial charge in [0.15, 0.2) is 13.2 Å². The van der Waals surface area contributed by atoms with E-state index in [0.29, 0.717) is 0 Å². The second kappa shape index (κ2) is 12.0. The topological polar surface area (TPSA) is 105 Å². The van der Waals surface area contributed by atoms with E-state index in [1.165, 1.54) is 0 Å². The average molecular weight is 358 g/mol. The number of carbonyl (C=O) groups is 4. The molecule has 142 valence electrons. The van der Waals surface area contributed by atoms with E-state index in [1.54, 1.807) is 0 Å². The van der Waals surface area contributed by atoms with Gasteiger partial charge in [0.2, 0.25) is 0 Å². The van der Waals surface area contributed by atoms with Crippen LogP contribution in [0.3, 0.4) is 0 Å². The fourth-order valence-corrected chi connectivity index (χ4v) is 1.27. The first-order chi connectivity index (χ1) is 11.6. The summed E-state index contributed by atoms with van der Waals surface area (Å²) in [6.07, 6.45) is -0.461. The van der Waals surface area contributed by atoms with Gasteiger partial charge >= 0.3 is 23.9 Å². The molecule has 0 aromatic heterocycles. The molecule has 0 unspecified atom stereocenters. The lowest BCUT2D eigenvalue weighted by Crippen LogP contribution is -2.21. The van der Waals surface area contributed by atoms with Crippen LogP contribution in [-0.4, -0.2) is 50.3 Å². The normalized spacial score (nSPS) is 10.3. The fourth-order valence-electron chi connectivity index (χ4n) is 1.27. The zero-order valence-corrected chi connectivity index (χ0v) is 15.2. The summed E-state index contributed by atoms with van der Waals surface area (Å²) in [7, 11) is 0. The predicted molar refractivity (Wildman–Crippen MR) is 87.3 cm³/mol. The quantitative estimate of drug-likeness (QED) is 0.310. The van der Waals surface area contributed by atoms with Gasteiger partial charge in [-0.3, -0.25) is 4.79 Å². The van der Waals surface area contributed by atoms with Crippen molar-refractivity contribution < 1.29 is 38.1 Å². The zero-order valence-electron chi connectivity index (χ0n) is 15.2. The summed E-state index contributed by atoms with van der Waals surface area (Å²) in [4.78, 5) is 45.7. The highest BCUT2D eigenvalue weighted by molar-refractivity contribution is 5.94. The molecule has 0 heterocycles. The van der Waals surface area contributed by atoms with Gasteiger partial charge in [0.25, 0.3) is 0 Å². The molecule has 0 amide bonds. The highest BCUT2D eigenvalue weighted by Gasteiger charge is 2.17. The van der Waals surface area contributed by atoms with Crippen LogP contribution in [0.15, 0.2) is 12.2 Å². The molecule has 8 nitrogen and oxygen atoms in total. The molecule has 0 bridgehead atoms. The van der Waals surface area contributed by atoms with E-state index in [-0.39, 0.29) is 30.6 Å². The second-order valence-electron chi connectivity index (χ2n) is 6.17. The third-order valence-corrected chi connectivity index (χ3v) is 2.47. The van der Waals surface area contributed by atoms with Crippen LogP contribution in [0.25, 0.3) is 0 Å². The van der Waals surface area contributed by atoms with Crippen LogP contribution in [0.4, 0.5) is 0 Å². The van der Waals surface area contributed by atoms with Crippen LogP contribution >= 0.6 is 0 Å². The summed E-state index contributed by atoms with van der Waals surface area (Å²) in [5.74, 6) is -2.78. The molecule has 0 fully saturated rings. The number of esters is 4. The van der Waals surface area contributed by atoms with E-state index >= 15 is 0 Å². The lowest BCUT2D eigenvalue weighted by molar-refractivity contribution is -0.160. The Kier molecular flexibility index (Phi) is 10.9. The molecule has 0 aromatic rings. The molecular weight excluding hydrogens is 332 g/mol. The molecule has 0 atom stereocenters. The van der Waals surface area contributed by atoms with Crippen molar-refractivity contribution in [2.24, 2.45) is 11.8 Å². The van der Waals surface area contributed by atoms with Crippen LogP contribution in [-0.2, 0) is 38.1 Å². The van der Waals surface area contributed by atoms with Gasteiger partial charge in [-0.15, -0.1) is 0 Å². The summed E-state index contributed by atoms with van der Waals surface area (Å²) in [6.45, 7) is 10.2. The van der Waals surface area contributed by atoms with E-state index in [0.717, 1.165) is 0 Å². The van der Waals surface area contributed by atoms with Gasteiger partial charge in [-0.1, -0.05) is 34.3 Å². The largest absolute Gasteiger partial charge is 0.463 e. The van der Waals surface area contributed by atoms with Crippen molar-refractivity contribution >= 4 is 23.9 Å². The molecule has 8 heteroatoms. The van der Waals surface area contributed by atoms with E-state index in [4.69, 9.17) is 9.47 Å². The van der Waals surface area contributed by atoms with Crippen molar-refractivity contribution in [3.05, 3.63) is 12.2 Å². The monoisotopic (exact) mass is 358 g/mol. The predicted octanol–water partition coefficient (Wildman–Crippen LogP) is 1.42. The lowest BCUT2D eigenvalue weighted by atomic mass is 10.2. The van der Waals surface area contributed by atoms with Crippen molar-refractivity contribution in [3.8, 4) is 0 Å². The van der Waals surface area contributed by atoms with Crippen molar-refractivity contribution in [3.63, 3.8) is 0 Å². The highest BCUT2D eigenvalue weighted by atomic mass is 16.6. The molecule has 0 saturated heterocycles. The van der Waals surface area contributed by atoms with Gasteiger partial charge in [-0.05, 0) is 11.8 Å². The Morgan fingerprint density at radius 2 is 1.16 bits per heavy atom. The zero-order chi connectivity index (χ0) is 19.4. The Labute approximate surface area is 147 Å². The maximum absolute atomic E-state index is 11.6. The first-order valence-electron chi connectivity index (χ1n) is 7.93. The number of rotatable bonds is 11. The average Bonchev–Trinajstić information content (AvgIpc) is 2.53. The Morgan fingerprint density at radius 3 is 1.60 bits per heavy atom. The van der Waals surface area contributed by atoms with Gasteiger partial charge in [0, 0.05) is 5.57 Å². The fraction of sp³-hybridized carbons (Fsp3) is 0.647. The molecule has 0 spiro atoms. The van der Waals surface area contributed by atoms with E-state index in [1.807, 2.05) is 27.7 Å². The van der Waals surface area contributed by atoms with Crippen molar-refractivity contribution in [1.29, 1.82) is 0 Å². The summed E-state index contributed by atoms with van der Waals surface area (Å²) >= 11 is 0. The highest BCUT2D eigenvalue weighted by Crippen LogP contribution is 2.04. The third kappa shape index (κ3) is 12.7. The van der Waals surface area contributed by atoms with Gasteiger partial charge in [-0.25, -0.2) is 14.4 Å². The molecule has 0 saturated carbocycles. The molecule has 25 heavy (non-hydrogen) atoms. The Balaban J connectivity index is 4.02. The van der Waals surface area contributed by atoms with Crippen molar-refractivity contribution in [2.75, 3.05) is 26.4 Å². The van der Waals surface area contributed by atoms with Crippen molar-refractivity contribution in [1.82, 2.24) is 0 Å².